The van der Waals surface area contributed by atoms with Gasteiger partial charge in [0, 0.05) is 35.6 Å². The number of nitrogens with zero attached hydrogens (tertiary/aromatic N) is 1. The number of hydrogen-bond donors (Lipinski definition) is 0. The predicted molar refractivity (Wildman–Crippen MR) is 121 cm³/mol. The highest BCUT2D eigenvalue weighted by molar-refractivity contribution is 6.08. The van der Waals surface area contributed by atoms with Crippen LogP contribution in [0, 0.1) is 12.3 Å². The topological polar surface area (TPSA) is 55.8 Å². The highest BCUT2D eigenvalue weighted by Gasteiger charge is 2.45. The molecule has 2 aliphatic rings. The molecule has 1 amide bonds. The number of carbonyl (C=O) groups excluding carboxylic acids is 2. The van der Waals surface area contributed by atoms with Gasteiger partial charge in [-0.25, -0.2) is 0 Å². The minimum Gasteiger partial charge on any atom is -0.497 e. The number of anilines is 1. The lowest BCUT2D eigenvalue weighted by Crippen LogP contribution is -2.44. The van der Waals surface area contributed by atoms with Crippen molar-refractivity contribution >= 4 is 17.4 Å². The average Bonchev–Trinajstić information content (AvgIpc) is 2.72. The minimum atomic E-state index is -0.351. The molecule has 0 bridgehead atoms. The quantitative estimate of drug-likeness (QED) is 0.686. The summed E-state index contributed by atoms with van der Waals surface area (Å²) in [5.41, 5.74) is 4.02. The maximum absolute atomic E-state index is 13.6. The fraction of sp³-hybridized carbons (Fsp3) is 0.385. The number of ketones is 1. The Balaban J connectivity index is 1.95. The van der Waals surface area contributed by atoms with Crippen molar-refractivity contribution in [1.82, 2.24) is 0 Å². The van der Waals surface area contributed by atoms with Gasteiger partial charge in [-0.15, -0.1) is 0 Å². The fourth-order valence-corrected chi connectivity index (χ4v) is 4.89. The first-order chi connectivity index (χ1) is 14.8. The van der Waals surface area contributed by atoms with Crippen molar-refractivity contribution in [2.45, 2.75) is 46.0 Å². The zero-order chi connectivity index (χ0) is 22.3. The molecule has 31 heavy (non-hydrogen) atoms. The number of carbonyl (C=O) groups is 2. The number of ether oxygens (including phenoxy) is 2. The van der Waals surface area contributed by atoms with Gasteiger partial charge in [-0.05, 0) is 48.6 Å². The van der Waals surface area contributed by atoms with E-state index in [0.717, 1.165) is 28.1 Å². The molecule has 1 aliphatic carbocycles. The van der Waals surface area contributed by atoms with Crippen molar-refractivity contribution in [3.8, 4) is 11.5 Å². The summed E-state index contributed by atoms with van der Waals surface area (Å²) in [5.74, 6) is 1.08. The van der Waals surface area contributed by atoms with Crippen LogP contribution >= 0.6 is 0 Å². The largest absolute Gasteiger partial charge is 0.497 e. The SMILES string of the molecule is COc1ccc(OC)c(C2CC(=O)N(c3ccccc3C)C3=C2C(=O)CC(C)(C)C3)c1. The van der Waals surface area contributed by atoms with Crippen molar-refractivity contribution in [2.75, 3.05) is 19.1 Å². The molecule has 4 rings (SSSR count). The molecule has 2 aromatic rings. The van der Waals surface area contributed by atoms with E-state index in [2.05, 4.69) is 13.8 Å². The molecule has 1 aliphatic heterocycles. The molecule has 0 fully saturated rings. The fourth-order valence-electron chi connectivity index (χ4n) is 4.89. The first-order valence-electron chi connectivity index (χ1n) is 10.6. The second-order valence-corrected chi connectivity index (χ2v) is 9.18. The molecular weight excluding hydrogens is 390 g/mol. The monoisotopic (exact) mass is 419 g/mol. The summed E-state index contributed by atoms with van der Waals surface area (Å²) in [6.45, 7) is 6.17. The molecule has 5 heteroatoms. The van der Waals surface area contributed by atoms with Crippen LogP contribution in [0.25, 0.3) is 0 Å². The second-order valence-electron chi connectivity index (χ2n) is 9.18. The van der Waals surface area contributed by atoms with Gasteiger partial charge in [-0.2, -0.15) is 0 Å². The predicted octanol–water partition coefficient (Wildman–Crippen LogP) is 5.18. The maximum atomic E-state index is 13.6. The van der Waals surface area contributed by atoms with Crippen LogP contribution in [0.5, 0.6) is 11.5 Å². The zero-order valence-corrected chi connectivity index (χ0v) is 18.8. The Morgan fingerprint density at radius 1 is 1.00 bits per heavy atom. The van der Waals surface area contributed by atoms with Gasteiger partial charge in [0.25, 0.3) is 0 Å². The van der Waals surface area contributed by atoms with E-state index >= 15 is 0 Å². The van der Waals surface area contributed by atoms with Crippen LogP contribution in [0.15, 0.2) is 53.7 Å². The lowest BCUT2D eigenvalue weighted by molar-refractivity contribution is -0.121. The number of rotatable bonds is 4. The average molecular weight is 420 g/mol. The standard InChI is InChI=1S/C26H29NO4/c1-16-8-6-7-9-20(16)27-21-14-26(2,3)15-22(28)25(21)19(13-24(27)29)18-12-17(30-4)10-11-23(18)31-5/h6-12,19H,13-15H2,1-5H3. The van der Waals surface area contributed by atoms with E-state index < -0.39 is 0 Å². The van der Waals surface area contributed by atoms with E-state index in [1.807, 2.05) is 49.4 Å². The number of Topliss-reactive ketones (excluding diaryl/α,β-unsaturated/α-hetero) is 1. The Morgan fingerprint density at radius 3 is 2.42 bits per heavy atom. The van der Waals surface area contributed by atoms with Crippen molar-refractivity contribution in [3.05, 3.63) is 64.9 Å². The third-order valence-corrected chi connectivity index (χ3v) is 6.31. The number of methoxy groups -OCH3 is 2. The van der Waals surface area contributed by atoms with Crippen LogP contribution in [-0.2, 0) is 9.59 Å². The van der Waals surface area contributed by atoms with E-state index in [1.165, 1.54) is 0 Å². The number of hydrogen-bond acceptors (Lipinski definition) is 4. The third kappa shape index (κ3) is 3.73. The van der Waals surface area contributed by atoms with Gasteiger partial charge < -0.3 is 9.47 Å². The molecule has 1 heterocycles. The van der Waals surface area contributed by atoms with Crippen LogP contribution in [0.3, 0.4) is 0 Å². The summed E-state index contributed by atoms with van der Waals surface area (Å²) in [6.07, 6.45) is 1.34. The number of benzene rings is 2. The Bertz CT molecular complexity index is 1080. The molecule has 5 nitrogen and oxygen atoms in total. The zero-order valence-electron chi connectivity index (χ0n) is 18.8. The lowest BCUT2D eigenvalue weighted by atomic mass is 9.69. The van der Waals surface area contributed by atoms with Crippen LogP contribution in [0.2, 0.25) is 0 Å². The third-order valence-electron chi connectivity index (χ3n) is 6.31. The molecule has 0 radical (unpaired) electrons. The maximum Gasteiger partial charge on any atom is 0.232 e. The Morgan fingerprint density at radius 2 is 1.74 bits per heavy atom. The lowest BCUT2D eigenvalue weighted by Gasteiger charge is -2.43. The minimum absolute atomic E-state index is 0.00609. The van der Waals surface area contributed by atoms with Gasteiger partial charge in [-0.3, -0.25) is 14.5 Å². The molecule has 1 atom stereocenters. The van der Waals surface area contributed by atoms with Crippen molar-refractivity contribution < 1.29 is 19.1 Å². The van der Waals surface area contributed by atoms with Gasteiger partial charge in [0.2, 0.25) is 5.91 Å². The van der Waals surface area contributed by atoms with Crippen molar-refractivity contribution in [3.63, 3.8) is 0 Å². The van der Waals surface area contributed by atoms with Crippen LogP contribution < -0.4 is 14.4 Å². The van der Waals surface area contributed by atoms with E-state index in [4.69, 9.17) is 9.47 Å². The first-order valence-corrected chi connectivity index (χ1v) is 10.6. The highest BCUT2D eigenvalue weighted by Crippen LogP contribution is 2.50. The van der Waals surface area contributed by atoms with E-state index in [9.17, 15) is 9.59 Å². The van der Waals surface area contributed by atoms with Crippen LogP contribution in [0.4, 0.5) is 5.69 Å². The molecular formula is C26H29NO4. The summed E-state index contributed by atoms with van der Waals surface area (Å²) < 4.78 is 11.0. The number of aryl methyl sites for hydroxylation is 1. The number of para-hydroxylation sites is 1. The summed E-state index contributed by atoms with van der Waals surface area (Å²) in [4.78, 5) is 28.8. The molecule has 2 aromatic carbocycles. The number of amides is 1. The van der Waals surface area contributed by atoms with E-state index in [-0.39, 0.29) is 29.4 Å². The van der Waals surface area contributed by atoms with Gasteiger partial charge in [0.05, 0.1) is 19.9 Å². The second kappa shape index (κ2) is 7.88. The van der Waals surface area contributed by atoms with Crippen LogP contribution in [-0.4, -0.2) is 25.9 Å². The Labute approximate surface area is 183 Å². The van der Waals surface area contributed by atoms with Crippen molar-refractivity contribution in [1.29, 1.82) is 0 Å². The molecule has 0 aromatic heterocycles. The molecule has 0 spiro atoms. The smallest absolute Gasteiger partial charge is 0.232 e. The Kier molecular flexibility index (Phi) is 5.38. The molecule has 0 N–H and O–H groups in total. The van der Waals surface area contributed by atoms with Gasteiger partial charge in [0.1, 0.15) is 11.5 Å². The first kappa shape index (κ1) is 21.2. The van der Waals surface area contributed by atoms with E-state index in [0.29, 0.717) is 24.3 Å². The van der Waals surface area contributed by atoms with E-state index in [1.54, 1.807) is 19.1 Å². The summed E-state index contributed by atoms with van der Waals surface area (Å²) in [7, 11) is 3.22. The molecule has 162 valence electrons. The number of allylic oxidation sites excluding steroid dienone is 2. The highest BCUT2D eigenvalue weighted by atomic mass is 16.5. The summed E-state index contributed by atoms with van der Waals surface area (Å²) in [6, 6.07) is 13.4. The summed E-state index contributed by atoms with van der Waals surface area (Å²) >= 11 is 0. The van der Waals surface area contributed by atoms with Gasteiger partial charge in [0.15, 0.2) is 5.78 Å². The normalized spacial score (nSPS) is 20.5. The molecule has 0 saturated carbocycles. The van der Waals surface area contributed by atoms with Gasteiger partial charge in [-0.1, -0.05) is 32.0 Å². The molecule has 1 unspecified atom stereocenters. The Hall–Kier alpha value is -3.08. The van der Waals surface area contributed by atoms with Gasteiger partial charge >= 0.3 is 0 Å². The summed E-state index contributed by atoms with van der Waals surface area (Å²) in [5, 5.41) is 0. The van der Waals surface area contributed by atoms with Crippen LogP contribution in [0.1, 0.15) is 50.2 Å². The van der Waals surface area contributed by atoms with Crippen molar-refractivity contribution in [2.24, 2.45) is 5.41 Å². The molecule has 0 saturated heterocycles.